The first kappa shape index (κ1) is 9.85. The normalized spacial score (nSPS) is 11.1. The van der Waals surface area contributed by atoms with E-state index in [1.165, 1.54) is 11.3 Å². The zero-order valence-corrected chi connectivity index (χ0v) is 8.54. The third-order valence-corrected chi connectivity index (χ3v) is 1.89. The number of anilines is 1. The number of hydrogen-bond acceptors (Lipinski definition) is 1. The highest BCUT2D eigenvalue weighted by Crippen LogP contribution is 2.16. The van der Waals surface area contributed by atoms with Crippen LogP contribution in [0.25, 0.3) is 6.08 Å². The third-order valence-electron chi connectivity index (χ3n) is 1.89. The van der Waals surface area contributed by atoms with Crippen molar-refractivity contribution in [1.29, 1.82) is 0 Å². The van der Waals surface area contributed by atoms with Crippen molar-refractivity contribution in [3.05, 3.63) is 35.9 Å². The molecule has 0 aliphatic rings. The van der Waals surface area contributed by atoms with Crippen LogP contribution in [0.3, 0.4) is 0 Å². The van der Waals surface area contributed by atoms with Gasteiger partial charge in [0.2, 0.25) is 0 Å². The predicted octanol–water partition coefficient (Wildman–Crippen LogP) is 3.40. The van der Waals surface area contributed by atoms with Crippen molar-refractivity contribution in [2.45, 2.75) is 13.8 Å². The lowest BCUT2D eigenvalue weighted by Crippen LogP contribution is -1.90. The predicted molar refractivity (Wildman–Crippen MR) is 59.9 cm³/mol. The maximum absolute atomic E-state index is 3.17. The zero-order valence-electron chi connectivity index (χ0n) is 8.54. The first-order valence-corrected chi connectivity index (χ1v) is 4.69. The smallest absolute Gasteiger partial charge is 0.0411 e. The maximum Gasteiger partial charge on any atom is 0.0411 e. The van der Waals surface area contributed by atoms with Gasteiger partial charge in [0.05, 0.1) is 0 Å². The van der Waals surface area contributed by atoms with E-state index in [1.807, 2.05) is 13.1 Å². The van der Waals surface area contributed by atoms with Crippen molar-refractivity contribution in [1.82, 2.24) is 0 Å². The van der Waals surface area contributed by atoms with E-state index in [0.29, 0.717) is 5.92 Å². The van der Waals surface area contributed by atoms with Crippen molar-refractivity contribution in [2.24, 2.45) is 5.92 Å². The van der Waals surface area contributed by atoms with E-state index >= 15 is 0 Å². The average Bonchev–Trinajstić information content (AvgIpc) is 2.15. The molecule has 0 amide bonds. The molecule has 0 aliphatic carbocycles. The van der Waals surface area contributed by atoms with E-state index in [0.717, 1.165) is 0 Å². The number of nitrogens with one attached hydrogen (secondary N) is 1. The Morgan fingerprint density at radius 1 is 1.23 bits per heavy atom. The maximum atomic E-state index is 3.17. The molecular formula is C12H17N. The first-order chi connectivity index (χ1) is 6.24. The minimum absolute atomic E-state index is 0.602. The summed E-state index contributed by atoms with van der Waals surface area (Å²) in [6.07, 6.45) is 4.37. The Hall–Kier alpha value is -1.24. The summed E-state index contributed by atoms with van der Waals surface area (Å²) in [6, 6.07) is 8.30. The molecule has 1 heteroatoms. The molecule has 0 radical (unpaired) electrons. The highest BCUT2D eigenvalue weighted by molar-refractivity contribution is 5.66. The molecule has 0 fully saturated rings. The number of benzene rings is 1. The fraction of sp³-hybridized carbons (Fsp3) is 0.333. The fourth-order valence-corrected chi connectivity index (χ4v) is 1.17. The summed E-state index contributed by atoms with van der Waals surface area (Å²) in [5, 5.41) is 3.17. The van der Waals surface area contributed by atoms with Gasteiger partial charge < -0.3 is 5.32 Å². The number of hydrogen-bond donors (Lipinski definition) is 1. The molecule has 0 aliphatic heterocycles. The Kier molecular flexibility index (Phi) is 3.56. The molecule has 0 atom stereocenters. The van der Waals surface area contributed by atoms with Crippen molar-refractivity contribution in [3.63, 3.8) is 0 Å². The van der Waals surface area contributed by atoms with Gasteiger partial charge in [0, 0.05) is 12.7 Å². The average molecular weight is 175 g/mol. The molecule has 0 spiro atoms. The number of allylic oxidation sites excluding steroid dienone is 1. The summed E-state index contributed by atoms with van der Waals surface area (Å²) >= 11 is 0. The van der Waals surface area contributed by atoms with E-state index in [1.54, 1.807) is 0 Å². The van der Waals surface area contributed by atoms with Crippen LogP contribution < -0.4 is 5.32 Å². The van der Waals surface area contributed by atoms with E-state index in [4.69, 9.17) is 0 Å². The molecule has 1 N–H and O–H groups in total. The third kappa shape index (κ3) is 2.94. The largest absolute Gasteiger partial charge is 0.388 e. The quantitative estimate of drug-likeness (QED) is 0.742. The van der Waals surface area contributed by atoms with Crippen LogP contribution in [0.4, 0.5) is 5.69 Å². The summed E-state index contributed by atoms with van der Waals surface area (Å²) in [5.74, 6) is 0.602. The van der Waals surface area contributed by atoms with Crippen molar-refractivity contribution < 1.29 is 0 Å². The zero-order chi connectivity index (χ0) is 9.68. The highest BCUT2D eigenvalue weighted by Gasteiger charge is 1.94. The molecule has 13 heavy (non-hydrogen) atoms. The summed E-state index contributed by atoms with van der Waals surface area (Å²) < 4.78 is 0. The van der Waals surface area contributed by atoms with Gasteiger partial charge in [0.15, 0.2) is 0 Å². The number of para-hydroxylation sites is 1. The van der Waals surface area contributed by atoms with E-state index < -0.39 is 0 Å². The molecule has 1 aromatic carbocycles. The highest BCUT2D eigenvalue weighted by atomic mass is 14.8. The topological polar surface area (TPSA) is 12.0 Å². The van der Waals surface area contributed by atoms with Crippen LogP contribution in [0.2, 0.25) is 0 Å². The second-order valence-corrected chi connectivity index (χ2v) is 3.44. The van der Waals surface area contributed by atoms with Gasteiger partial charge in [-0.2, -0.15) is 0 Å². The number of rotatable bonds is 3. The van der Waals surface area contributed by atoms with Crippen LogP contribution in [0.1, 0.15) is 19.4 Å². The molecule has 0 unspecified atom stereocenters. The Balaban J connectivity index is 2.87. The molecule has 0 bridgehead atoms. The lowest BCUT2D eigenvalue weighted by molar-refractivity contribution is 0.836. The molecule has 1 rings (SSSR count). The standard InChI is InChI=1S/C12H17N/c1-10(2)8-9-11-6-4-5-7-12(11)13-3/h4-10,13H,1-3H3. The summed E-state index contributed by atoms with van der Waals surface area (Å²) in [6.45, 7) is 4.36. The Bertz CT molecular complexity index is 287. The molecule has 0 aromatic heterocycles. The van der Waals surface area contributed by atoms with Crippen LogP contribution in [-0.2, 0) is 0 Å². The molecule has 1 aromatic rings. The summed E-state index contributed by atoms with van der Waals surface area (Å²) in [7, 11) is 1.95. The molecule has 0 saturated heterocycles. The molecular weight excluding hydrogens is 158 g/mol. The van der Waals surface area contributed by atoms with Crippen molar-refractivity contribution in [2.75, 3.05) is 12.4 Å². The van der Waals surface area contributed by atoms with Gasteiger partial charge in [0.25, 0.3) is 0 Å². The van der Waals surface area contributed by atoms with Crippen LogP contribution in [-0.4, -0.2) is 7.05 Å². The Morgan fingerprint density at radius 3 is 2.54 bits per heavy atom. The molecule has 70 valence electrons. The lowest BCUT2D eigenvalue weighted by atomic mass is 10.1. The molecule has 0 heterocycles. The van der Waals surface area contributed by atoms with Crippen LogP contribution in [0.15, 0.2) is 30.3 Å². The van der Waals surface area contributed by atoms with Gasteiger partial charge in [-0.15, -0.1) is 0 Å². The van der Waals surface area contributed by atoms with Gasteiger partial charge in [-0.3, -0.25) is 0 Å². The van der Waals surface area contributed by atoms with Gasteiger partial charge in [-0.25, -0.2) is 0 Å². The van der Waals surface area contributed by atoms with Crippen LogP contribution in [0.5, 0.6) is 0 Å². The van der Waals surface area contributed by atoms with Crippen LogP contribution in [0, 0.1) is 5.92 Å². The Labute approximate surface area is 80.5 Å². The van der Waals surface area contributed by atoms with E-state index in [9.17, 15) is 0 Å². The fourth-order valence-electron chi connectivity index (χ4n) is 1.17. The van der Waals surface area contributed by atoms with E-state index in [-0.39, 0.29) is 0 Å². The minimum Gasteiger partial charge on any atom is -0.388 e. The van der Waals surface area contributed by atoms with E-state index in [2.05, 4.69) is 49.5 Å². The van der Waals surface area contributed by atoms with Crippen LogP contribution >= 0.6 is 0 Å². The lowest BCUT2D eigenvalue weighted by Gasteiger charge is -2.04. The van der Waals surface area contributed by atoms with Gasteiger partial charge in [-0.05, 0) is 17.5 Å². The molecule has 1 nitrogen and oxygen atoms in total. The minimum atomic E-state index is 0.602. The van der Waals surface area contributed by atoms with Gasteiger partial charge in [0.1, 0.15) is 0 Å². The van der Waals surface area contributed by atoms with Gasteiger partial charge in [-0.1, -0.05) is 44.2 Å². The Morgan fingerprint density at radius 2 is 1.92 bits per heavy atom. The van der Waals surface area contributed by atoms with Gasteiger partial charge >= 0.3 is 0 Å². The van der Waals surface area contributed by atoms with Crippen molar-refractivity contribution in [3.8, 4) is 0 Å². The second kappa shape index (κ2) is 4.70. The monoisotopic (exact) mass is 175 g/mol. The first-order valence-electron chi connectivity index (χ1n) is 4.69. The summed E-state index contributed by atoms with van der Waals surface area (Å²) in [4.78, 5) is 0. The SMILES string of the molecule is CNc1ccccc1C=CC(C)C. The molecule has 0 saturated carbocycles. The van der Waals surface area contributed by atoms with Crippen molar-refractivity contribution >= 4 is 11.8 Å². The summed E-state index contributed by atoms with van der Waals surface area (Å²) in [5.41, 5.74) is 2.43. The second-order valence-electron chi connectivity index (χ2n) is 3.44.